The molecule has 15 heteroatoms. The summed E-state index contributed by atoms with van der Waals surface area (Å²) < 4.78 is 80.2. The zero-order valence-electron chi connectivity index (χ0n) is 23.6. The zero-order valence-corrected chi connectivity index (χ0v) is 23.6. The summed E-state index contributed by atoms with van der Waals surface area (Å²) in [5, 5.41) is 17.7. The SMILES string of the molecule is C.CC(C)(C)C1CCC(N(Cc2ccc(C(=O)Nc3nn[nH]n3)cc2)C(=O)Nc2ccc(C(F)(F)F)c(C(F)(F)F)c2)CC1. The Balaban J connectivity index is 0.00000529. The van der Waals surface area contributed by atoms with Crippen molar-refractivity contribution in [2.24, 2.45) is 11.3 Å². The van der Waals surface area contributed by atoms with Crippen LogP contribution in [0.25, 0.3) is 0 Å². The highest BCUT2D eigenvalue weighted by atomic mass is 19.4. The van der Waals surface area contributed by atoms with Crippen LogP contribution in [0, 0.1) is 11.3 Å². The number of hydrogen-bond acceptors (Lipinski definition) is 5. The third kappa shape index (κ3) is 8.47. The van der Waals surface area contributed by atoms with E-state index in [0.29, 0.717) is 36.5 Å². The zero-order chi connectivity index (χ0) is 31.6. The molecule has 9 nitrogen and oxygen atoms in total. The third-order valence-corrected chi connectivity index (χ3v) is 7.64. The summed E-state index contributed by atoms with van der Waals surface area (Å²) >= 11 is 0. The molecule has 0 saturated heterocycles. The molecule has 0 unspecified atom stereocenters. The van der Waals surface area contributed by atoms with Gasteiger partial charge in [0, 0.05) is 23.8 Å². The molecule has 0 bridgehead atoms. The van der Waals surface area contributed by atoms with Crippen molar-refractivity contribution in [3.05, 3.63) is 64.7 Å². The van der Waals surface area contributed by atoms with Crippen LogP contribution in [0.3, 0.4) is 0 Å². The Bertz CT molecular complexity index is 1410. The van der Waals surface area contributed by atoms with Gasteiger partial charge in [0.2, 0.25) is 0 Å². The average molecular weight is 628 g/mol. The van der Waals surface area contributed by atoms with Crippen LogP contribution in [-0.4, -0.2) is 43.5 Å². The average Bonchev–Trinajstić information content (AvgIpc) is 3.43. The van der Waals surface area contributed by atoms with Gasteiger partial charge in [-0.05, 0) is 78.1 Å². The van der Waals surface area contributed by atoms with Crippen molar-refractivity contribution < 1.29 is 35.9 Å². The molecule has 4 rings (SSSR count). The molecule has 1 aliphatic rings. The van der Waals surface area contributed by atoms with Gasteiger partial charge in [0.15, 0.2) is 0 Å². The number of benzene rings is 2. The number of hydrogen-bond donors (Lipinski definition) is 3. The lowest BCUT2D eigenvalue weighted by Crippen LogP contribution is -2.45. The molecule has 1 saturated carbocycles. The number of alkyl halides is 6. The Labute approximate surface area is 250 Å². The number of halogens is 6. The number of nitrogens with zero attached hydrogens (tertiary/aromatic N) is 4. The van der Waals surface area contributed by atoms with E-state index < -0.39 is 41.1 Å². The second-order valence-corrected chi connectivity index (χ2v) is 11.6. The van der Waals surface area contributed by atoms with Crippen LogP contribution in [0.1, 0.15) is 80.9 Å². The Hall–Kier alpha value is -4.17. The molecule has 1 aliphatic carbocycles. The molecule has 1 aromatic heterocycles. The van der Waals surface area contributed by atoms with E-state index in [0.717, 1.165) is 18.9 Å². The van der Waals surface area contributed by atoms with Gasteiger partial charge in [0.25, 0.3) is 11.9 Å². The molecule has 0 spiro atoms. The molecule has 0 aliphatic heterocycles. The lowest BCUT2D eigenvalue weighted by molar-refractivity contribution is -0.162. The van der Waals surface area contributed by atoms with Crippen molar-refractivity contribution in [3.63, 3.8) is 0 Å². The van der Waals surface area contributed by atoms with Crippen molar-refractivity contribution >= 4 is 23.6 Å². The van der Waals surface area contributed by atoms with Gasteiger partial charge in [-0.3, -0.25) is 10.1 Å². The van der Waals surface area contributed by atoms with Gasteiger partial charge < -0.3 is 10.2 Å². The van der Waals surface area contributed by atoms with Gasteiger partial charge >= 0.3 is 18.4 Å². The molecule has 0 radical (unpaired) electrons. The standard InChI is InChI=1S/C28H31F6N7O2.CH4/c1-26(2,3)18-8-11-20(12-9-18)41(15-16-4-6-17(7-5-16)23(42)36-24-37-39-40-38-24)25(43)35-19-10-13-21(27(29,30)31)22(14-19)28(32,33)34;/h4-7,10,13-14,18,20H,8-9,11-12,15H2,1-3H3,(H,35,43)(H2,36,37,38,39,40,42);1H4. The van der Waals surface area contributed by atoms with Crippen LogP contribution < -0.4 is 10.6 Å². The van der Waals surface area contributed by atoms with Crippen molar-refractivity contribution in [2.45, 2.75) is 78.8 Å². The Morgan fingerprint density at radius 1 is 0.886 bits per heavy atom. The number of H-pyrrole nitrogens is 1. The minimum atomic E-state index is -5.28. The first-order valence-corrected chi connectivity index (χ1v) is 13.5. The monoisotopic (exact) mass is 627 g/mol. The van der Waals surface area contributed by atoms with Crippen LogP contribution in [-0.2, 0) is 18.9 Å². The maximum atomic E-state index is 13.5. The van der Waals surface area contributed by atoms with Crippen LogP contribution >= 0.6 is 0 Å². The van der Waals surface area contributed by atoms with Gasteiger partial charge in [0.05, 0.1) is 11.1 Å². The van der Waals surface area contributed by atoms with E-state index in [9.17, 15) is 35.9 Å². The van der Waals surface area contributed by atoms with Crippen LogP contribution in [0.15, 0.2) is 42.5 Å². The fraction of sp³-hybridized carbons (Fsp3) is 0.483. The Kier molecular flexibility index (Phi) is 10.3. The topological polar surface area (TPSA) is 116 Å². The largest absolute Gasteiger partial charge is 0.417 e. The summed E-state index contributed by atoms with van der Waals surface area (Å²) in [6.45, 7) is 6.47. The Morgan fingerprint density at radius 3 is 2.02 bits per heavy atom. The van der Waals surface area contributed by atoms with Crippen molar-refractivity contribution in [2.75, 3.05) is 10.6 Å². The second-order valence-electron chi connectivity index (χ2n) is 11.6. The molecule has 2 aromatic carbocycles. The number of anilines is 2. The van der Waals surface area contributed by atoms with Crippen LogP contribution in [0.4, 0.5) is 42.8 Å². The molecule has 3 N–H and O–H groups in total. The number of aromatic nitrogens is 4. The number of aromatic amines is 1. The number of carbonyl (C=O) groups is 2. The summed E-state index contributed by atoms with van der Waals surface area (Å²) in [4.78, 5) is 27.4. The highest BCUT2D eigenvalue weighted by Gasteiger charge is 2.43. The minimum absolute atomic E-state index is 0. The number of amides is 3. The quantitative estimate of drug-likeness (QED) is 0.242. The van der Waals surface area contributed by atoms with E-state index in [1.807, 2.05) is 0 Å². The maximum Gasteiger partial charge on any atom is 0.417 e. The fourth-order valence-corrected chi connectivity index (χ4v) is 5.27. The summed E-state index contributed by atoms with van der Waals surface area (Å²) in [5.74, 6) is -0.0968. The summed E-state index contributed by atoms with van der Waals surface area (Å²) in [5.41, 5.74) is -3.16. The van der Waals surface area contributed by atoms with E-state index in [4.69, 9.17) is 0 Å². The van der Waals surface area contributed by atoms with Crippen molar-refractivity contribution in [1.29, 1.82) is 0 Å². The normalized spacial score (nSPS) is 17.4. The first kappa shape index (κ1) is 34.3. The second kappa shape index (κ2) is 13.2. The summed E-state index contributed by atoms with van der Waals surface area (Å²) in [6, 6.07) is 6.73. The lowest BCUT2D eigenvalue weighted by Gasteiger charge is -2.41. The van der Waals surface area contributed by atoms with Crippen molar-refractivity contribution in [3.8, 4) is 0 Å². The molecule has 0 atom stereocenters. The predicted octanol–water partition coefficient (Wildman–Crippen LogP) is 7.76. The van der Waals surface area contributed by atoms with E-state index in [1.165, 1.54) is 17.0 Å². The van der Waals surface area contributed by atoms with Gasteiger partial charge in [-0.2, -0.15) is 31.6 Å². The highest BCUT2D eigenvalue weighted by Crippen LogP contribution is 2.42. The van der Waals surface area contributed by atoms with Gasteiger partial charge in [-0.1, -0.05) is 45.4 Å². The third-order valence-electron chi connectivity index (χ3n) is 7.64. The van der Waals surface area contributed by atoms with Crippen molar-refractivity contribution in [1.82, 2.24) is 25.5 Å². The number of nitrogens with one attached hydrogen (secondary N) is 3. The maximum absolute atomic E-state index is 13.5. The smallest absolute Gasteiger partial charge is 0.317 e. The van der Waals surface area contributed by atoms with Crippen LogP contribution in [0.2, 0.25) is 0 Å². The minimum Gasteiger partial charge on any atom is -0.317 e. The fourth-order valence-electron chi connectivity index (χ4n) is 5.27. The molecule has 3 amide bonds. The summed E-state index contributed by atoms with van der Waals surface area (Å²) in [7, 11) is 0. The first-order chi connectivity index (χ1) is 20.0. The first-order valence-electron chi connectivity index (χ1n) is 13.5. The number of urea groups is 1. The summed E-state index contributed by atoms with van der Waals surface area (Å²) in [6.07, 6.45) is -7.58. The molecule has 1 heterocycles. The van der Waals surface area contributed by atoms with Crippen LogP contribution in [0.5, 0.6) is 0 Å². The molecule has 240 valence electrons. The number of rotatable bonds is 6. The van der Waals surface area contributed by atoms with E-state index in [1.54, 1.807) is 12.1 Å². The molecule has 3 aromatic rings. The van der Waals surface area contributed by atoms with E-state index >= 15 is 0 Å². The molecule has 44 heavy (non-hydrogen) atoms. The van der Waals surface area contributed by atoms with Gasteiger partial charge in [0.1, 0.15) is 0 Å². The van der Waals surface area contributed by atoms with E-state index in [-0.39, 0.29) is 36.9 Å². The molecule has 1 fully saturated rings. The van der Waals surface area contributed by atoms with E-state index in [2.05, 4.69) is 52.0 Å². The molecular formula is C29H35F6N7O2. The lowest BCUT2D eigenvalue weighted by atomic mass is 9.71. The number of carbonyl (C=O) groups excluding carboxylic acids is 2. The number of tetrazole rings is 1. The molecular weight excluding hydrogens is 592 g/mol. The Morgan fingerprint density at radius 2 is 1.50 bits per heavy atom. The predicted molar refractivity (Wildman–Crippen MR) is 152 cm³/mol. The van der Waals surface area contributed by atoms with Gasteiger partial charge in [-0.25, -0.2) is 4.79 Å². The highest BCUT2D eigenvalue weighted by molar-refractivity contribution is 6.03. The van der Waals surface area contributed by atoms with Gasteiger partial charge in [-0.15, -0.1) is 5.10 Å².